The van der Waals surface area contributed by atoms with E-state index in [1.54, 1.807) is 0 Å². The van der Waals surface area contributed by atoms with Crippen LogP contribution in [0.5, 0.6) is 0 Å². The smallest absolute Gasteiger partial charge is 0.239 e. The van der Waals surface area contributed by atoms with Gasteiger partial charge in [-0.25, -0.2) is 0 Å². The number of nitrogens with one attached hydrogen (secondary N) is 3. The number of anilines is 1. The van der Waals surface area contributed by atoms with E-state index in [2.05, 4.69) is 20.9 Å². The summed E-state index contributed by atoms with van der Waals surface area (Å²) in [6.45, 7) is 6.20. The second-order valence-corrected chi connectivity index (χ2v) is 4.66. The van der Waals surface area contributed by atoms with E-state index in [1.807, 2.05) is 30.3 Å². The van der Waals surface area contributed by atoms with Crippen LogP contribution in [0.25, 0.3) is 0 Å². The molecular weight excluding hydrogens is 240 g/mol. The molecule has 3 N–H and O–H groups in total. The molecule has 5 nitrogen and oxygen atoms in total. The quantitative estimate of drug-likeness (QED) is 0.681. The van der Waals surface area contributed by atoms with Gasteiger partial charge in [0.15, 0.2) is 0 Å². The molecule has 1 saturated heterocycles. The van der Waals surface area contributed by atoms with Crippen molar-refractivity contribution < 1.29 is 4.79 Å². The van der Waals surface area contributed by atoms with Crippen LogP contribution in [-0.4, -0.2) is 56.6 Å². The maximum Gasteiger partial charge on any atom is 0.239 e. The minimum Gasteiger partial charge on any atom is -0.376 e. The molecule has 5 heteroatoms. The molecule has 0 unspecified atom stereocenters. The molecule has 1 amide bonds. The van der Waals surface area contributed by atoms with Crippen LogP contribution in [0, 0.1) is 0 Å². The molecule has 0 bridgehead atoms. The van der Waals surface area contributed by atoms with E-state index in [1.165, 1.54) is 0 Å². The lowest BCUT2D eigenvalue weighted by molar-refractivity contribution is -0.119. The molecule has 1 fully saturated rings. The van der Waals surface area contributed by atoms with Gasteiger partial charge in [-0.15, -0.1) is 0 Å². The SMILES string of the molecule is O=C(CNc1ccccc1)NCCN1CCNCC1. The maximum atomic E-state index is 11.7. The average Bonchev–Trinajstić information content (AvgIpc) is 2.47. The second kappa shape index (κ2) is 7.76. The molecular formula is C14H22N4O. The molecule has 0 aromatic heterocycles. The van der Waals surface area contributed by atoms with Crippen molar-refractivity contribution >= 4 is 11.6 Å². The van der Waals surface area contributed by atoms with Crippen molar-refractivity contribution in [3.63, 3.8) is 0 Å². The van der Waals surface area contributed by atoms with E-state index in [9.17, 15) is 4.79 Å². The number of rotatable bonds is 6. The fraction of sp³-hybridized carbons (Fsp3) is 0.500. The zero-order valence-electron chi connectivity index (χ0n) is 11.2. The van der Waals surface area contributed by atoms with Crippen molar-refractivity contribution in [2.75, 3.05) is 51.1 Å². The summed E-state index contributed by atoms with van der Waals surface area (Å²) in [5.74, 6) is 0.0407. The number of carbonyl (C=O) groups excluding carboxylic acids is 1. The van der Waals surface area contributed by atoms with Crippen LogP contribution < -0.4 is 16.0 Å². The van der Waals surface area contributed by atoms with Crippen LogP contribution in [0.2, 0.25) is 0 Å². The number of hydrogen-bond acceptors (Lipinski definition) is 4. The van der Waals surface area contributed by atoms with Crippen molar-refractivity contribution in [3.8, 4) is 0 Å². The van der Waals surface area contributed by atoms with Gasteiger partial charge in [0.1, 0.15) is 0 Å². The fourth-order valence-corrected chi connectivity index (χ4v) is 2.09. The standard InChI is InChI=1S/C14H22N4O/c19-14(12-17-13-4-2-1-3-5-13)16-8-11-18-9-6-15-7-10-18/h1-5,15,17H,6-12H2,(H,16,19). The first-order valence-electron chi connectivity index (χ1n) is 6.83. The average molecular weight is 262 g/mol. The van der Waals surface area contributed by atoms with Gasteiger partial charge in [0.05, 0.1) is 6.54 Å². The third-order valence-corrected chi connectivity index (χ3v) is 3.19. The first-order chi connectivity index (χ1) is 9.34. The van der Waals surface area contributed by atoms with E-state index >= 15 is 0 Å². The van der Waals surface area contributed by atoms with Gasteiger partial charge in [-0.1, -0.05) is 18.2 Å². The van der Waals surface area contributed by atoms with E-state index < -0.39 is 0 Å². The predicted octanol–water partition coefficient (Wildman–Crippen LogP) is 0.120. The molecule has 1 aliphatic rings. The summed E-state index contributed by atoms with van der Waals surface area (Å²) in [7, 11) is 0. The van der Waals surface area contributed by atoms with Crippen molar-refractivity contribution in [2.45, 2.75) is 0 Å². The summed E-state index contributed by atoms with van der Waals surface area (Å²) in [6, 6.07) is 9.76. The topological polar surface area (TPSA) is 56.4 Å². The van der Waals surface area contributed by atoms with E-state index in [4.69, 9.17) is 0 Å². The van der Waals surface area contributed by atoms with Crippen LogP contribution in [0.15, 0.2) is 30.3 Å². The van der Waals surface area contributed by atoms with Gasteiger partial charge in [0.2, 0.25) is 5.91 Å². The van der Waals surface area contributed by atoms with Gasteiger partial charge < -0.3 is 16.0 Å². The van der Waals surface area contributed by atoms with Crippen LogP contribution >= 0.6 is 0 Å². The van der Waals surface area contributed by atoms with Crippen LogP contribution in [0.3, 0.4) is 0 Å². The first kappa shape index (κ1) is 13.8. The largest absolute Gasteiger partial charge is 0.376 e. The molecule has 104 valence electrons. The molecule has 1 aromatic rings. The number of hydrogen-bond donors (Lipinski definition) is 3. The summed E-state index contributed by atoms with van der Waals surface area (Å²) >= 11 is 0. The Morgan fingerprint density at radius 1 is 1.21 bits per heavy atom. The zero-order chi connectivity index (χ0) is 13.3. The van der Waals surface area contributed by atoms with Crippen molar-refractivity contribution in [1.29, 1.82) is 0 Å². The van der Waals surface area contributed by atoms with E-state index in [0.29, 0.717) is 6.54 Å². The summed E-state index contributed by atoms with van der Waals surface area (Å²) < 4.78 is 0. The van der Waals surface area contributed by atoms with E-state index in [-0.39, 0.29) is 5.91 Å². The molecule has 1 heterocycles. The zero-order valence-corrected chi connectivity index (χ0v) is 11.2. The Balaban J connectivity index is 1.57. The normalized spacial score (nSPS) is 16.0. The Labute approximate surface area is 114 Å². The summed E-state index contributed by atoms with van der Waals surface area (Å²) in [5.41, 5.74) is 0.972. The van der Waals surface area contributed by atoms with Crippen molar-refractivity contribution in [2.24, 2.45) is 0 Å². The monoisotopic (exact) mass is 262 g/mol. The van der Waals surface area contributed by atoms with Gasteiger partial charge in [0, 0.05) is 45.0 Å². The summed E-state index contributed by atoms with van der Waals surface area (Å²) in [6.07, 6.45) is 0. The van der Waals surface area contributed by atoms with Crippen LogP contribution in [-0.2, 0) is 4.79 Å². The number of piperazine rings is 1. The summed E-state index contributed by atoms with van der Waals surface area (Å²) in [4.78, 5) is 14.0. The van der Waals surface area contributed by atoms with Gasteiger partial charge in [-0.2, -0.15) is 0 Å². The number of carbonyl (C=O) groups is 1. The van der Waals surface area contributed by atoms with Crippen LogP contribution in [0.1, 0.15) is 0 Å². The van der Waals surface area contributed by atoms with Gasteiger partial charge in [-0.05, 0) is 12.1 Å². The molecule has 0 atom stereocenters. The lowest BCUT2D eigenvalue weighted by Crippen LogP contribution is -2.46. The molecule has 19 heavy (non-hydrogen) atoms. The maximum absolute atomic E-state index is 11.7. The molecule has 1 aliphatic heterocycles. The van der Waals surface area contributed by atoms with Crippen LogP contribution in [0.4, 0.5) is 5.69 Å². The van der Waals surface area contributed by atoms with Gasteiger partial charge in [0.25, 0.3) is 0 Å². The number of nitrogens with zero attached hydrogens (tertiary/aromatic N) is 1. The number of benzene rings is 1. The molecule has 0 spiro atoms. The highest BCUT2D eigenvalue weighted by molar-refractivity contribution is 5.80. The lowest BCUT2D eigenvalue weighted by atomic mass is 10.3. The lowest BCUT2D eigenvalue weighted by Gasteiger charge is -2.27. The van der Waals surface area contributed by atoms with E-state index in [0.717, 1.165) is 45.0 Å². The third kappa shape index (κ3) is 5.28. The molecule has 0 aliphatic carbocycles. The van der Waals surface area contributed by atoms with Crippen molar-refractivity contribution in [1.82, 2.24) is 15.5 Å². The molecule has 0 saturated carbocycles. The molecule has 0 radical (unpaired) electrons. The minimum absolute atomic E-state index is 0.0407. The highest BCUT2D eigenvalue weighted by Crippen LogP contribution is 2.03. The Bertz CT molecular complexity index is 376. The predicted molar refractivity (Wildman–Crippen MR) is 77.3 cm³/mol. The Morgan fingerprint density at radius 2 is 1.95 bits per heavy atom. The molecule has 1 aromatic carbocycles. The number of para-hydroxylation sites is 1. The first-order valence-corrected chi connectivity index (χ1v) is 6.83. The van der Waals surface area contributed by atoms with Gasteiger partial charge >= 0.3 is 0 Å². The fourth-order valence-electron chi connectivity index (χ4n) is 2.09. The number of amides is 1. The minimum atomic E-state index is 0.0407. The Hall–Kier alpha value is -1.59. The second-order valence-electron chi connectivity index (χ2n) is 4.66. The summed E-state index contributed by atoms with van der Waals surface area (Å²) in [5, 5.41) is 9.35. The van der Waals surface area contributed by atoms with Gasteiger partial charge in [-0.3, -0.25) is 9.69 Å². The third-order valence-electron chi connectivity index (χ3n) is 3.19. The molecule has 2 rings (SSSR count). The highest BCUT2D eigenvalue weighted by atomic mass is 16.1. The van der Waals surface area contributed by atoms with Crippen molar-refractivity contribution in [3.05, 3.63) is 30.3 Å². The highest BCUT2D eigenvalue weighted by Gasteiger charge is 2.09. The Kier molecular flexibility index (Phi) is 5.65. The Morgan fingerprint density at radius 3 is 2.68 bits per heavy atom.